The average Bonchev–Trinajstić information content (AvgIpc) is 2.22. The number of hydrogen-bond acceptors (Lipinski definition) is 2. The number of carbonyl (C=O) groups is 1. The van der Waals surface area contributed by atoms with Crippen LogP contribution in [0.4, 0.5) is 10.5 Å². The van der Waals surface area contributed by atoms with Crippen LogP contribution in [0.25, 0.3) is 0 Å². The van der Waals surface area contributed by atoms with Crippen molar-refractivity contribution in [1.82, 2.24) is 4.90 Å². The summed E-state index contributed by atoms with van der Waals surface area (Å²) in [5.41, 5.74) is 1.87. The maximum Gasteiger partial charge on any atom is 0.322 e. The molecule has 1 rings (SSSR count). The van der Waals surface area contributed by atoms with E-state index in [2.05, 4.69) is 5.32 Å². The lowest BCUT2D eigenvalue weighted by molar-refractivity contribution is 0.227. The Bertz CT molecular complexity index is 378. The van der Waals surface area contributed by atoms with E-state index < -0.39 is 0 Å². The monoisotopic (exact) mass is 203 g/mol. The summed E-state index contributed by atoms with van der Waals surface area (Å²) in [6.07, 6.45) is 0. The van der Waals surface area contributed by atoms with Crippen molar-refractivity contribution in [2.75, 3.05) is 18.9 Å². The van der Waals surface area contributed by atoms with Crippen molar-refractivity contribution >= 4 is 11.7 Å². The molecule has 0 aliphatic heterocycles. The molecular weight excluding hydrogens is 190 g/mol. The van der Waals surface area contributed by atoms with E-state index in [0.717, 1.165) is 11.3 Å². The molecule has 0 saturated carbocycles. The highest BCUT2D eigenvalue weighted by Gasteiger charge is 2.06. The van der Waals surface area contributed by atoms with E-state index in [-0.39, 0.29) is 12.6 Å². The zero-order chi connectivity index (χ0) is 11.3. The first-order chi connectivity index (χ1) is 7.13. The molecule has 0 radical (unpaired) electrons. The van der Waals surface area contributed by atoms with Gasteiger partial charge in [-0.15, -0.1) is 0 Å². The maximum absolute atomic E-state index is 11.5. The van der Waals surface area contributed by atoms with Crippen LogP contribution in [0.2, 0.25) is 0 Å². The molecule has 0 spiro atoms. The summed E-state index contributed by atoms with van der Waals surface area (Å²) in [6.45, 7) is 2.06. The highest BCUT2D eigenvalue weighted by molar-refractivity contribution is 5.89. The Morgan fingerprint density at radius 2 is 2.07 bits per heavy atom. The molecule has 2 amide bonds. The average molecular weight is 203 g/mol. The first-order valence-corrected chi connectivity index (χ1v) is 4.59. The lowest BCUT2D eigenvalue weighted by Gasteiger charge is -2.14. The predicted molar refractivity (Wildman–Crippen MR) is 58.4 cm³/mol. The molecule has 0 heterocycles. The van der Waals surface area contributed by atoms with Crippen LogP contribution in [0.3, 0.4) is 0 Å². The van der Waals surface area contributed by atoms with Crippen LogP contribution in [0, 0.1) is 18.3 Å². The molecule has 0 aromatic heterocycles. The molecule has 0 unspecified atom stereocenters. The summed E-state index contributed by atoms with van der Waals surface area (Å²) >= 11 is 0. The van der Waals surface area contributed by atoms with E-state index in [4.69, 9.17) is 5.26 Å². The summed E-state index contributed by atoms with van der Waals surface area (Å²) in [7, 11) is 1.58. The summed E-state index contributed by atoms with van der Waals surface area (Å²) < 4.78 is 0. The largest absolute Gasteiger partial charge is 0.322 e. The number of nitrogens with zero attached hydrogens (tertiary/aromatic N) is 2. The lowest BCUT2D eigenvalue weighted by atomic mass is 10.2. The first kappa shape index (κ1) is 11.1. The molecule has 78 valence electrons. The molecule has 0 fully saturated rings. The highest BCUT2D eigenvalue weighted by atomic mass is 16.2. The molecule has 0 saturated heterocycles. The molecule has 4 nitrogen and oxygen atoms in total. The van der Waals surface area contributed by atoms with E-state index in [1.54, 1.807) is 7.05 Å². The molecule has 1 aromatic rings. The minimum atomic E-state index is -0.277. The summed E-state index contributed by atoms with van der Waals surface area (Å²) in [4.78, 5) is 12.8. The molecule has 1 aromatic carbocycles. The SMILES string of the molecule is Cc1ccc(NC(=O)N(C)CC#N)cc1. The number of rotatable bonds is 2. The summed E-state index contributed by atoms with van der Waals surface area (Å²) in [6, 6.07) is 9.12. The Kier molecular flexibility index (Phi) is 3.69. The van der Waals surface area contributed by atoms with Gasteiger partial charge in [0.1, 0.15) is 6.54 Å². The number of hydrogen-bond donors (Lipinski definition) is 1. The van der Waals surface area contributed by atoms with E-state index in [0.29, 0.717) is 0 Å². The molecule has 0 aliphatic carbocycles. The second-order valence-electron chi connectivity index (χ2n) is 3.31. The van der Waals surface area contributed by atoms with Crippen molar-refractivity contribution in [2.24, 2.45) is 0 Å². The summed E-state index contributed by atoms with van der Waals surface area (Å²) in [5, 5.41) is 11.1. The van der Waals surface area contributed by atoms with E-state index in [1.807, 2.05) is 37.3 Å². The minimum Gasteiger partial charge on any atom is -0.314 e. The molecular formula is C11H13N3O. The predicted octanol–water partition coefficient (Wildman–Crippen LogP) is 1.98. The molecule has 4 heteroatoms. The second-order valence-corrected chi connectivity index (χ2v) is 3.31. The van der Waals surface area contributed by atoms with Gasteiger partial charge in [0.2, 0.25) is 0 Å². The third kappa shape index (κ3) is 3.31. The van der Waals surface area contributed by atoms with Gasteiger partial charge in [0.25, 0.3) is 0 Å². The number of carbonyl (C=O) groups excluding carboxylic acids is 1. The standard InChI is InChI=1S/C11H13N3O/c1-9-3-5-10(6-4-9)13-11(15)14(2)8-7-12/h3-6H,8H2,1-2H3,(H,13,15). The van der Waals surface area contributed by atoms with E-state index in [9.17, 15) is 4.79 Å². The Labute approximate surface area is 89.1 Å². The van der Waals surface area contributed by atoms with Crippen molar-refractivity contribution in [1.29, 1.82) is 5.26 Å². The number of urea groups is 1. The Hall–Kier alpha value is -2.02. The van der Waals surface area contributed by atoms with Gasteiger partial charge in [-0.1, -0.05) is 17.7 Å². The highest BCUT2D eigenvalue weighted by Crippen LogP contribution is 2.08. The van der Waals surface area contributed by atoms with Gasteiger partial charge in [0.15, 0.2) is 0 Å². The maximum atomic E-state index is 11.5. The van der Waals surface area contributed by atoms with Crippen molar-refractivity contribution < 1.29 is 4.79 Å². The third-order valence-electron chi connectivity index (χ3n) is 1.96. The van der Waals surface area contributed by atoms with Crippen LogP contribution in [0.15, 0.2) is 24.3 Å². The Balaban J connectivity index is 2.59. The van der Waals surface area contributed by atoms with Gasteiger partial charge in [-0.3, -0.25) is 0 Å². The molecule has 0 atom stereocenters. The van der Waals surface area contributed by atoms with Crippen LogP contribution < -0.4 is 5.32 Å². The Morgan fingerprint density at radius 3 is 2.60 bits per heavy atom. The van der Waals surface area contributed by atoms with Crippen LogP contribution in [-0.2, 0) is 0 Å². The second kappa shape index (κ2) is 5.01. The van der Waals surface area contributed by atoms with Gasteiger partial charge in [0, 0.05) is 12.7 Å². The van der Waals surface area contributed by atoms with E-state index in [1.165, 1.54) is 4.90 Å². The van der Waals surface area contributed by atoms with Crippen LogP contribution in [0.1, 0.15) is 5.56 Å². The number of nitrogens with one attached hydrogen (secondary N) is 1. The van der Waals surface area contributed by atoms with Gasteiger partial charge in [-0.2, -0.15) is 5.26 Å². The summed E-state index contributed by atoms with van der Waals surface area (Å²) in [5.74, 6) is 0. The van der Waals surface area contributed by atoms with Crippen molar-refractivity contribution in [3.63, 3.8) is 0 Å². The van der Waals surface area contributed by atoms with Crippen molar-refractivity contribution in [3.05, 3.63) is 29.8 Å². The zero-order valence-corrected chi connectivity index (χ0v) is 8.82. The van der Waals surface area contributed by atoms with Gasteiger partial charge in [-0.05, 0) is 19.1 Å². The Morgan fingerprint density at radius 1 is 1.47 bits per heavy atom. The number of anilines is 1. The van der Waals surface area contributed by atoms with Crippen molar-refractivity contribution in [2.45, 2.75) is 6.92 Å². The molecule has 0 bridgehead atoms. The number of benzene rings is 1. The smallest absolute Gasteiger partial charge is 0.314 e. The fourth-order valence-electron chi connectivity index (χ4n) is 1.03. The van der Waals surface area contributed by atoms with Gasteiger partial charge in [0.05, 0.1) is 6.07 Å². The quantitative estimate of drug-likeness (QED) is 0.747. The van der Waals surface area contributed by atoms with Crippen LogP contribution >= 0.6 is 0 Å². The molecule has 15 heavy (non-hydrogen) atoms. The fourth-order valence-corrected chi connectivity index (χ4v) is 1.03. The van der Waals surface area contributed by atoms with Crippen LogP contribution in [0.5, 0.6) is 0 Å². The molecule has 1 N–H and O–H groups in total. The number of amides is 2. The van der Waals surface area contributed by atoms with Gasteiger partial charge in [-0.25, -0.2) is 4.79 Å². The van der Waals surface area contributed by atoms with Crippen molar-refractivity contribution in [3.8, 4) is 6.07 Å². The number of aryl methyl sites for hydroxylation is 1. The zero-order valence-electron chi connectivity index (χ0n) is 8.82. The minimum absolute atomic E-state index is 0.0810. The first-order valence-electron chi connectivity index (χ1n) is 4.59. The fraction of sp³-hybridized carbons (Fsp3) is 0.273. The lowest BCUT2D eigenvalue weighted by Crippen LogP contribution is -2.31. The molecule has 0 aliphatic rings. The van der Waals surface area contributed by atoms with E-state index >= 15 is 0 Å². The van der Waals surface area contributed by atoms with Gasteiger partial charge >= 0.3 is 6.03 Å². The number of nitriles is 1. The van der Waals surface area contributed by atoms with Gasteiger partial charge < -0.3 is 10.2 Å². The van der Waals surface area contributed by atoms with Crippen LogP contribution in [-0.4, -0.2) is 24.5 Å². The normalized spacial score (nSPS) is 9.13. The third-order valence-corrected chi connectivity index (χ3v) is 1.96. The topological polar surface area (TPSA) is 56.1 Å².